The van der Waals surface area contributed by atoms with E-state index >= 15 is 0 Å². The van der Waals surface area contributed by atoms with E-state index in [9.17, 15) is 9.59 Å². The molecule has 0 aliphatic heterocycles. The number of nitrogens with zero attached hydrogens (tertiary/aromatic N) is 3. The highest BCUT2D eigenvalue weighted by Gasteiger charge is 2.14. The molecule has 0 bridgehead atoms. The summed E-state index contributed by atoms with van der Waals surface area (Å²) < 4.78 is 5.54. The molecule has 3 rings (SSSR count). The molecule has 0 aliphatic rings. The SMILES string of the molecule is CCN(CC)C(=O)c1ccc(NC(=O)COc2ncnc3c(Cl)cc(Cl)cc23)cc1. The lowest BCUT2D eigenvalue weighted by atomic mass is 10.2. The zero-order valence-electron chi connectivity index (χ0n) is 16.5. The molecule has 0 atom stereocenters. The lowest BCUT2D eigenvalue weighted by molar-refractivity contribution is -0.118. The van der Waals surface area contributed by atoms with Gasteiger partial charge in [0.1, 0.15) is 6.33 Å². The number of aromatic nitrogens is 2. The van der Waals surface area contributed by atoms with Crippen molar-refractivity contribution >= 4 is 51.6 Å². The van der Waals surface area contributed by atoms with Crippen molar-refractivity contribution in [2.45, 2.75) is 13.8 Å². The van der Waals surface area contributed by atoms with Gasteiger partial charge in [-0.1, -0.05) is 23.2 Å². The summed E-state index contributed by atoms with van der Waals surface area (Å²) in [5.74, 6) is -0.216. The van der Waals surface area contributed by atoms with Crippen LogP contribution in [-0.2, 0) is 4.79 Å². The summed E-state index contributed by atoms with van der Waals surface area (Å²) in [4.78, 5) is 34.5. The Morgan fingerprint density at radius 2 is 1.77 bits per heavy atom. The Labute approximate surface area is 184 Å². The van der Waals surface area contributed by atoms with Crippen molar-refractivity contribution in [1.82, 2.24) is 14.9 Å². The van der Waals surface area contributed by atoms with Gasteiger partial charge in [0.15, 0.2) is 6.61 Å². The van der Waals surface area contributed by atoms with Gasteiger partial charge in [-0.2, -0.15) is 0 Å². The molecule has 3 aromatic rings. The van der Waals surface area contributed by atoms with Crippen LogP contribution in [0.25, 0.3) is 10.9 Å². The van der Waals surface area contributed by atoms with Gasteiger partial charge in [-0.3, -0.25) is 9.59 Å². The van der Waals surface area contributed by atoms with Crippen LogP contribution >= 0.6 is 23.2 Å². The average molecular weight is 447 g/mol. The van der Waals surface area contributed by atoms with Gasteiger partial charge in [0.2, 0.25) is 5.88 Å². The quantitative estimate of drug-likeness (QED) is 0.579. The second-order valence-electron chi connectivity index (χ2n) is 6.35. The molecule has 0 spiro atoms. The Balaban J connectivity index is 1.64. The van der Waals surface area contributed by atoms with Crippen molar-refractivity contribution in [1.29, 1.82) is 0 Å². The van der Waals surface area contributed by atoms with Gasteiger partial charge in [0, 0.05) is 29.4 Å². The van der Waals surface area contributed by atoms with E-state index < -0.39 is 0 Å². The summed E-state index contributed by atoms with van der Waals surface area (Å²) in [6, 6.07) is 9.91. The fourth-order valence-electron chi connectivity index (χ4n) is 2.90. The van der Waals surface area contributed by atoms with Crippen LogP contribution in [0.15, 0.2) is 42.7 Å². The van der Waals surface area contributed by atoms with E-state index in [4.69, 9.17) is 27.9 Å². The second kappa shape index (κ2) is 9.73. The summed E-state index contributed by atoms with van der Waals surface area (Å²) >= 11 is 12.2. The molecule has 0 saturated heterocycles. The molecule has 2 amide bonds. The lowest BCUT2D eigenvalue weighted by Gasteiger charge is -2.18. The third-order valence-electron chi connectivity index (χ3n) is 4.43. The fourth-order valence-corrected chi connectivity index (χ4v) is 3.45. The summed E-state index contributed by atoms with van der Waals surface area (Å²) in [7, 11) is 0. The number of rotatable bonds is 7. The number of nitrogens with one attached hydrogen (secondary N) is 1. The van der Waals surface area contributed by atoms with Crippen LogP contribution in [-0.4, -0.2) is 46.4 Å². The van der Waals surface area contributed by atoms with Gasteiger partial charge >= 0.3 is 0 Å². The highest BCUT2D eigenvalue weighted by molar-refractivity contribution is 6.38. The van der Waals surface area contributed by atoms with Crippen molar-refractivity contribution < 1.29 is 14.3 Å². The molecule has 1 heterocycles. The molecule has 1 N–H and O–H groups in total. The molecule has 0 unspecified atom stereocenters. The fraction of sp³-hybridized carbons (Fsp3) is 0.238. The molecule has 0 fully saturated rings. The Kier molecular flexibility index (Phi) is 7.07. The predicted octanol–water partition coefficient (Wildman–Crippen LogP) is 4.44. The molecular formula is C21H20Cl2N4O3. The Morgan fingerprint density at radius 3 is 2.43 bits per heavy atom. The summed E-state index contributed by atoms with van der Waals surface area (Å²) in [5, 5.41) is 4.02. The largest absolute Gasteiger partial charge is 0.467 e. The number of benzene rings is 2. The topological polar surface area (TPSA) is 84.4 Å². The molecule has 156 valence electrons. The second-order valence-corrected chi connectivity index (χ2v) is 7.20. The normalized spacial score (nSPS) is 10.7. The Morgan fingerprint density at radius 1 is 1.07 bits per heavy atom. The molecular weight excluding hydrogens is 427 g/mol. The van der Waals surface area contributed by atoms with Gasteiger partial charge in [-0.05, 0) is 50.2 Å². The first-order valence-corrected chi connectivity index (χ1v) is 10.1. The highest BCUT2D eigenvalue weighted by atomic mass is 35.5. The van der Waals surface area contributed by atoms with Crippen molar-refractivity contribution in [3.63, 3.8) is 0 Å². The number of hydrogen-bond donors (Lipinski definition) is 1. The number of carbonyl (C=O) groups excluding carboxylic acids is 2. The third kappa shape index (κ3) is 4.98. The number of amides is 2. The van der Waals surface area contributed by atoms with E-state index in [0.29, 0.717) is 45.3 Å². The number of anilines is 1. The van der Waals surface area contributed by atoms with Crippen LogP contribution in [0.3, 0.4) is 0 Å². The molecule has 30 heavy (non-hydrogen) atoms. The van der Waals surface area contributed by atoms with Crippen LogP contribution in [0.4, 0.5) is 5.69 Å². The van der Waals surface area contributed by atoms with Gasteiger partial charge in [-0.25, -0.2) is 9.97 Å². The molecule has 7 nitrogen and oxygen atoms in total. The van der Waals surface area contributed by atoms with E-state index in [2.05, 4.69) is 15.3 Å². The number of hydrogen-bond acceptors (Lipinski definition) is 5. The smallest absolute Gasteiger partial charge is 0.262 e. The van der Waals surface area contributed by atoms with Gasteiger partial charge in [0.05, 0.1) is 15.9 Å². The lowest BCUT2D eigenvalue weighted by Crippen LogP contribution is -2.30. The van der Waals surface area contributed by atoms with Crippen molar-refractivity contribution in [3.8, 4) is 5.88 Å². The maximum absolute atomic E-state index is 12.3. The van der Waals surface area contributed by atoms with Gasteiger partial charge < -0.3 is 15.0 Å². The molecule has 1 aromatic heterocycles. The third-order valence-corrected chi connectivity index (χ3v) is 4.93. The van der Waals surface area contributed by atoms with Crippen LogP contribution in [0.1, 0.15) is 24.2 Å². The van der Waals surface area contributed by atoms with Gasteiger partial charge in [0.25, 0.3) is 11.8 Å². The molecule has 2 aromatic carbocycles. The van der Waals surface area contributed by atoms with Gasteiger partial charge in [-0.15, -0.1) is 0 Å². The standard InChI is InChI=1S/C21H20Cl2N4O3/c1-3-27(4-2)21(29)13-5-7-15(8-6-13)26-18(28)11-30-20-16-9-14(22)10-17(23)19(16)24-12-25-20/h5-10,12H,3-4,11H2,1-2H3,(H,26,28). The van der Waals surface area contributed by atoms with E-state index in [1.54, 1.807) is 41.3 Å². The maximum Gasteiger partial charge on any atom is 0.262 e. The zero-order valence-corrected chi connectivity index (χ0v) is 18.0. The summed E-state index contributed by atoms with van der Waals surface area (Å²) in [5.41, 5.74) is 1.60. The van der Waals surface area contributed by atoms with Crippen LogP contribution < -0.4 is 10.1 Å². The van der Waals surface area contributed by atoms with E-state index in [-0.39, 0.29) is 24.3 Å². The van der Waals surface area contributed by atoms with Crippen molar-refractivity contribution in [2.24, 2.45) is 0 Å². The van der Waals surface area contributed by atoms with E-state index in [0.717, 1.165) is 0 Å². The number of halogens is 2. The molecule has 0 aliphatic carbocycles. The zero-order chi connectivity index (χ0) is 21.7. The van der Waals surface area contributed by atoms with Crippen molar-refractivity contribution in [3.05, 3.63) is 58.3 Å². The van der Waals surface area contributed by atoms with Crippen molar-refractivity contribution in [2.75, 3.05) is 25.0 Å². The molecule has 9 heteroatoms. The first-order valence-electron chi connectivity index (χ1n) is 9.34. The van der Waals surface area contributed by atoms with Crippen LogP contribution in [0.5, 0.6) is 5.88 Å². The number of carbonyl (C=O) groups is 2. The highest BCUT2D eigenvalue weighted by Crippen LogP contribution is 2.30. The maximum atomic E-state index is 12.3. The first kappa shape index (κ1) is 21.8. The summed E-state index contributed by atoms with van der Waals surface area (Å²) in [6.45, 7) is 4.87. The Hall–Kier alpha value is -2.90. The van der Waals surface area contributed by atoms with E-state index in [1.807, 2.05) is 13.8 Å². The minimum atomic E-state index is -0.377. The summed E-state index contributed by atoms with van der Waals surface area (Å²) in [6.07, 6.45) is 1.31. The number of fused-ring (bicyclic) bond motifs is 1. The van der Waals surface area contributed by atoms with Crippen LogP contribution in [0, 0.1) is 0 Å². The molecule has 0 saturated carbocycles. The molecule has 0 radical (unpaired) electrons. The minimum absolute atomic E-state index is 0.0471. The monoisotopic (exact) mass is 446 g/mol. The predicted molar refractivity (Wildman–Crippen MR) is 117 cm³/mol. The average Bonchev–Trinajstić information content (AvgIpc) is 2.73. The first-order chi connectivity index (χ1) is 14.4. The number of ether oxygens (including phenoxy) is 1. The van der Waals surface area contributed by atoms with E-state index in [1.165, 1.54) is 6.33 Å². The Bertz CT molecular complexity index is 1070. The van der Waals surface area contributed by atoms with Crippen LogP contribution in [0.2, 0.25) is 10.0 Å². The minimum Gasteiger partial charge on any atom is -0.467 e.